The second kappa shape index (κ2) is 5.50. The SMILES string of the molecule is CC[C@H](C)C(=O)N1CCC(c2nc(C)no2)CC1. The number of likely N-dealkylation sites (tertiary alicyclic amines) is 1. The summed E-state index contributed by atoms with van der Waals surface area (Å²) < 4.78 is 5.20. The molecular formula is C13H21N3O2. The maximum atomic E-state index is 12.1. The van der Waals surface area contributed by atoms with E-state index >= 15 is 0 Å². The fourth-order valence-electron chi connectivity index (χ4n) is 2.31. The zero-order valence-corrected chi connectivity index (χ0v) is 11.3. The van der Waals surface area contributed by atoms with Gasteiger partial charge in [0.25, 0.3) is 0 Å². The van der Waals surface area contributed by atoms with Gasteiger partial charge in [-0.05, 0) is 26.2 Å². The van der Waals surface area contributed by atoms with Crippen LogP contribution in [0.25, 0.3) is 0 Å². The Morgan fingerprint density at radius 2 is 2.17 bits per heavy atom. The first kappa shape index (κ1) is 13.1. The normalized spacial score (nSPS) is 18.9. The molecule has 0 N–H and O–H groups in total. The van der Waals surface area contributed by atoms with Crippen molar-refractivity contribution in [2.45, 2.75) is 46.0 Å². The smallest absolute Gasteiger partial charge is 0.229 e. The van der Waals surface area contributed by atoms with E-state index in [9.17, 15) is 4.79 Å². The molecule has 0 bridgehead atoms. The first-order chi connectivity index (χ1) is 8.61. The molecule has 0 saturated carbocycles. The molecule has 1 fully saturated rings. The summed E-state index contributed by atoms with van der Waals surface area (Å²) in [5.41, 5.74) is 0. The van der Waals surface area contributed by atoms with Crippen molar-refractivity contribution in [2.24, 2.45) is 5.92 Å². The van der Waals surface area contributed by atoms with Gasteiger partial charge in [-0.15, -0.1) is 0 Å². The summed E-state index contributed by atoms with van der Waals surface area (Å²) in [6, 6.07) is 0. The van der Waals surface area contributed by atoms with Gasteiger partial charge in [0.1, 0.15) is 0 Å². The van der Waals surface area contributed by atoms with Crippen LogP contribution >= 0.6 is 0 Å². The molecule has 5 nitrogen and oxygen atoms in total. The van der Waals surface area contributed by atoms with Crippen LogP contribution in [0.4, 0.5) is 0 Å². The number of nitrogens with zero attached hydrogens (tertiary/aromatic N) is 3. The fraction of sp³-hybridized carbons (Fsp3) is 0.769. The number of hydrogen-bond acceptors (Lipinski definition) is 4. The van der Waals surface area contributed by atoms with E-state index in [-0.39, 0.29) is 11.8 Å². The third-order valence-electron chi connectivity index (χ3n) is 3.73. The molecule has 0 spiro atoms. The molecule has 0 radical (unpaired) electrons. The van der Waals surface area contributed by atoms with E-state index in [1.165, 1.54) is 0 Å². The summed E-state index contributed by atoms with van der Waals surface area (Å²) >= 11 is 0. The van der Waals surface area contributed by atoms with Crippen LogP contribution < -0.4 is 0 Å². The minimum Gasteiger partial charge on any atom is -0.342 e. The number of rotatable bonds is 3. The van der Waals surface area contributed by atoms with Crippen molar-refractivity contribution in [3.05, 3.63) is 11.7 Å². The first-order valence-corrected chi connectivity index (χ1v) is 6.70. The summed E-state index contributed by atoms with van der Waals surface area (Å²) in [5, 5.41) is 3.82. The van der Waals surface area contributed by atoms with Crippen molar-refractivity contribution in [3.8, 4) is 0 Å². The number of amides is 1. The second-order valence-electron chi connectivity index (χ2n) is 5.09. The van der Waals surface area contributed by atoms with Gasteiger partial charge >= 0.3 is 0 Å². The van der Waals surface area contributed by atoms with Gasteiger partial charge in [-0.1, -0.05) is 19.0 Å². The molecule has 1 atom stereocenters. The standard InChI is InChI=1S/C13H21N3O2/c1-4-9(2)13(17)16-7-5-11(6-8-16)12-14-10(3)15-18-12/h9,11H,4-8H2,1-3H3/t9-/m0/s1. The highest BCUT2D eigenvalue weighted by Gasteiger charge is 2.28. The quantitative estimate of drug-likeness (QED) is 0.825. The van der Waals surface area contributed by atoms with Crippen LogP contribution in [0.2, 0.25) is 0 Å². The van der Waals surface area contributed by atoms with Crippen molar-refractivity contribution >= 4 is 5.91 Å². The minimum absolute atomic E-state index is 0.132. The zero-order valence-electron chi connectivity index (χ0n) is 11.3. The molecule has 1 aliphatic rings. The van der Waals surface area contributed by atoms with Crippen molar-refractivity contribution < 1.29 is 9.32 Å². The number of aromatic nitrogens is 2. The Kier molecular flexibility index (Phi) is 3.99. The number of aryl methyl sites for hydroxylation is 1. The molecule has 2 heterocycles. The van der Waals surface area contributed by atoms with Crippen LogP contribution in [0.3, 0.4) is 0 Å². The Morgan fingerprint density at radius 1 is 1.50 bits per heavy atom. The number of carbonyl (C=O) groups excluding carboxylic acids is 1. The Labute approximate surface area is 108 Å². The first-order valence-electron chi connectivity index (χ1n) is 6.70. The Bertz CT molecular complexity index is 408. The van der Waals surface area contributed by atoms with E-state index in [1.54, 1.807) is 0 Å². The highest BCUT2D eigenvalue weighted by molar-refractivity contribution is 5.78. The zero-order chi connectivity index (χ0) is 13.1. The molecule has 1 aromatic heterocycles. The third-order valence-corrected chi connectivity index (χ3v) is 3.73. The molecule has 0 unspecified atom stereocenters. The lowest BCUT2D eigenvalue weighted by atomic mass is 9.95. The van der Waals surface area contributed by atoms with Crippen LogP contribution in [0.1, 0.15) is 50.7 Å². The van der Waals surface area contributed by atoms with Gasteiger partial charge < -0.3 is 9.42 Å². The third kappa shape index (κ3) is 2.71. The fourth-order valence-corrected chi connectivity index (χ4v) is 2.31. The average Bonchev–Trinajstić information content (AvgIpc) is 2.84. The van der Waals surface area contributed by atoms with Crippen molar-refractivity contribution in [3.63, 3.8) is 0 Å². The Balaban J connectivity index is 1.90. The predicted molar refractivity (Wildman–Crippen MR) is 67.0 cm³/mol. The predicted octanol–water partition coefficient (Wildman–Crippen LogP) is 2.13. The maximum Gasteiger partial charge on any atom is 0.229 e. The molecule has 100 valence electrons. The molecule has 5 heteroatoms. The van der Waals surface area contributed by atoms with Gasteiger partial charge in [0.2, 0.25) is 11.8 Å². The number of carbonyl (C=O) groups is 1. The lowest BCUT2D eigenvalue weighted by Gasteiger charge is -2.32. The van der Waals surface area contributed by atoms with Crippen LogP contribution in [0.15, 0.2) is 4.52 Å². The summed E-state index contributed by atoms with van der Waals surface area (Å²) in [4.78, 5) is 18.3. The van der Waals surface area contributed by atoms with Crippen molar-refractivity contribution in [2.75, 3.05) is 13.1 Å². The second-order valence-corrected chi connectivity index (χ2v) is 5.09. The largest absolute Gasteiger partial charge is 0.342 e. The Morgan fingerprint density at radius 3 is 2.67 bits per heavy atom. The molecule has 2 rings (SSSR count). The van der Waals surface area contributed by atoms with Gasteiger partial charge in [-0.3, -0.25) is 4.79 Å². The molecule has 1 amide bonds. The maximum absolute atomic E-state index is 12.1. The molecule has 0 aromatic carbocycles. The molecule has 18 heavy (non-hydrogen) atoms. The van der Waals surface area contributed by atoms with Gasteiger partial charge in [0, 0.05) is 24.9 Å². The Hall–Kier alpha value is -1.39. The minimum atomic E-state index is 0.132. The van der Waals surface area contributed by atoms with E-state index in [0.717, 1.165) is 38.2 Å². The number of hydrogen-bond donors (Lipinski definition) is 0. The average molecular weight is 251 g/mol. The van der Waals surface area contributed by atoms with E-state index in [1.807, 2.05) is 18.7 Å². The topological polar surface area (TPSA) is 59.2 Å². The van der Waals surface area contributed by atoms with Crippen LogP contribution in [0, 0.1) is 12.8 Å². The lowest BCUT2D eigenvalue weighted by molar-refractivity contribution is -0.136. The molecule has 1 aromatic rings. The van der Waals surface area contributed by atoms with Gasteiger partial charge in [-0.25, -0.2) is 0 Å². The van der Waals surface area contributed by atoms with E-state index in [4.69, 9.17) is 4.52 Å². The van der Waals surface area contributed by atoms with Gasteiger partial charge in [-0.2, -0.15) is 4.98 Å². The molecule has 1 saturated heterocycles. The van der Waals surface area contributed by atoms with Gasteiger partial charge in [0.05, 0.1) is 0 Å². The van der Waals surface area contributed by atoms with Crippen LogP contribution in [-0.2, 0) is 4.79 Å². The lowest BCUT2D eigenvalue weighted by Crippen LogP contribution is -2.40. The summed E-state index contributed by atoms with van der Waals surface area (Å²) in [5.74, 6) is 2.13. The number of piperidine rings is 1. The molecular weight excluding hydrogens is 230 g/mol. The molecule has 0 aliphatic carbocycles. The van der Waals surface area contributed by atoms with E-state index in [2.05, 4.69) is 17.1 Å². The monoisotopic (exact) mass is 251 g/mol. The molecule has 1 aliphatic heterocycles. The van der Waals surface area contributed by atoms with Crippen molar-refractivity contribution in [1.29, 1.82) is 0 Å². The summed E-state index contributed by atoms with van der Waals surface area (Å²) in [6.07, 6.45) is 2.75. The van der Waals surface area contributed by atoms with Gasteiger partial charge in [0.15, 0.2) is 5.82 Å². The van der Waals surface area contributed by atoms with Crippen molar-refractivity contribution in [1.82, 2.24) is 15.0 Å². The highest BCUT2D eigenvalue weighted by atomic mass is 16.5. The van der Waals surface area contributed by atoms with Crippen LogP contribution in [0.5, 0.6) is 0 Å². The summed E-state index contributed by atoms with van der Waals surface area (Å²) in [7, 11) is 0. The van der Waals surface area contributed by atoms with E-state index in [0.29, 0.717) is 11.7 Å². The highest BCUT2D eigenvalue weighted by Crippen LogP contribution is 2.27. The summed E-state index contributed by atoms with van der Waals surface area (Å²) in [6.45, 7) is 7.48. The van der Waals surface area contributed by atoms with Crippen LogP contribution in [-0.4, -0.2) is 34.0 Å². The van der Waals surface area contributed by atoms with E-state index < -0.39 is 0 Å².